The summed E-state index contributed by atoms with van der Waals surface area (Å²) in [7, 11) is 1.51. The minimum Gasteiger partial charge on any atom is -0.480 e. The van der Waals surface area contributed by atoms with E-state index in [0.717, 1.165) is 19.3 Å². The summed E-state index contributed by atoms with van der Waals surface area (Å²) in [4.78, 5) is 24.1. The van der Waals surface area contributed by atoms with Crippen molar-refractivity contribution < 1.29 is 30.0 Å². The number of likely N-dealkylation sites (N-methyl/N-ethyl adjacent to an activating group) is 1. The van der Waals surface area contributed by atoms with Crippen molar-refractivity contribution in [3.05, 3.63) is 0 Å². The highest BCUT2D eigenvalue weighted by molar-refractivity contribution is 6.02. The largest absolute Gasteiger partial charge is 0.480 e. The predicted molar refractivity (Wildman–Crippen MR) is 115 cm³/mol. The highest BCUT2D eigenvalue weighted by atomic mass is 16.4. The van der Waals surface area contributed by atoms with E-state index in [1.54, 1.807) is 4.90 Å². The van der Waals surface area contributed by atoms with Crippen LogP contribution in [0, 0.1) is 0 Å². The average Bonchev–Trinajstić information content (AvgIpc) is 2.68. The molecule has 174 valence electrons. The lowest BCUT2D eigenvalue weighted by Gasteiger charge is -2.17. The second-order valence-corrected chi connectivity index (χ2v) is 7.12. The highest BCUT2D eigenvalue weighted by Crippen LogP contribution is 2.11. The van der Waals surface area contributed by atoms with E-state index in [4.69, 9.17) is 20.4 Å². The van der Waals surface area contributed by atoms with E-state index < -0.39 is 12.0 Å². The molecule has 0 aliphatic heterocycles. The molecular formula is C21H44N2O6. The van der Waals surface area contributed by atoms with Crippen LogP contribution in [-0.4, -0.2) is 89.6 Å². The molecule has 0 aliphatic carbocycles. The van der Waals surface area contributed by atoms with E-state index in [2.05, 4.69) is 12.2 Å². The second-order valence-electron chi connectivity index (χ2n) is 7.12. The molecular weight excluding hydrogens is 376 g/mol. The molecule has 0 aromatic heterocycles. The standard InChI is InChI=1S/C15H29NO3.C6H15NO3/c1-3-4-5-6-7-8-9-10-11-12-13(17)14(16-2)15(18)19;8-4-1-7(2-5-9)3-6-10/h14,16H,3-12H2,1-2H3,(H,18,19);8-10H,1-6H2. The van der Waals surface area contributed by atoms with Gasteiger partial charge in [-0.2, -0.15) is 0 Å². The first-order chi connectivity index (χ1) is 14.0. The number of nitrogens with one attached hydrogen (secondary N) is 1. The summed E-state index contributed by atoms with van der Waals surface area (Å²) in [5.74, 6) is -1.29. The number of ketones is 1. The van der Waals surface area contributed by atoms with Crippen LogP contribution in [0.5, 0.6) is 0 Å². The van der Waals surface area contributed by atoms with Crippen LogP contribution >= 0.6 is 0 Å². The van der Waals surface area contributed by atoms with Crippen molar-refractivity contribution in [2.24, 2.45) is 0 Å². The third kappa shape index (κ3) is 20.0. The number of aliphatic hydroxyl groups is 3. The van der Waals surface area contributed by atoms with Gasteiger partial charge in [-0.1, -0.05) is 58.3 Å². The van der Waals surface area contributed by atoms with Crippen LogP contribution in [0.2, 0.25) is 0 Å². The molecule has 0 fully saturated rings. The van der Waals surface area contributed by atoms with Crippen molar-refractivity contribution in [1.29, 1.82) is 0 Å². The maximum atomic E-state index is 11.6. The molecule has 0 aliphatic rings. The van der Waals surface area contributed by atoms with Gasteiger partial charge in [0.15, 0.2) is 11.8 Å². The number of aliphatic hydroxyl groups excluding tert-OH is 3. The highest BCUT2D eigenvalue weighted by Gasteiger charge is 2.22. The summed E-state index contributed by atoms with van der Waals surface area (Å²) >= 11 is 0. The first kappa shape index (κ1) is 30.1. The number of carboxylic acid groups (broad SMARTS) is 1. The Morgan fingerprint density at radius 3 is 1.55 bits per heavy atom. The zero-order valence-electron chi connectivity index (χ0n) is 18.4. The van der Waals surface area contributed by atoms with E-state index in [1.165, 1.54) is 45.6 Å². The molecule has 29 heavy (non-hydrogen) atoms. The van der Waals surface area contributed by atoms with Gasteiger partial charge in [-0.15, -0.1) is 0 Å². The van der Waals surface area contributed by atoms with Gasteiger partial charge < -0.3 is 25.7 Å². The molecule has 0 aromatic rings. The Kier molecular flexibility index (Phi) is 24.1. The Morgan fingerprint density at radius 1 is 0.793 bits per heavy atom. The smallest absolute Gasteiger partial charge is 0.328 e. The first-order valence-electron chi connectivity index (χ1n) is 11.0. The summed E-state index contributed by atoms with van der Waals surface area (Å²) in [5, 5.41) is 36.8. The Labute approximate surface area is 176 Å². The molecule has 8 heteroatoms. The second kappa shape index (κ2) is 23.2. The van der Waals surface area contributed by atoms with Crippen LogP contribution in [0.25, 0.3) is 0 Å². The number of unbranched alkanes of at least 4 members (excludes halogenated alkanes) is 8. The maximum absolute atomic E-state index is 11.6. The fraction of sp³-hybridized carbons (Fsp3) is 0.905. The molecule has 0 rings (SSSR count). The van der Waals surface area contributed by atoms with Crippen molar-refractivity contribution in [1.82, 2.24) is 10.2 Å². The SMILES string of the molecule is CCCCCCCCCCCC(=O)C(NC)C(=O)O.OCCN(CCO)CCO. The fourth-order valence-corrected chi connectivity index (χ4v) is 2.94. The fourth-order valence-electron chi connectivity index (χ4n) is 2.94. The Balaban J connectivity index is 0. The minimum absolute atomic E-state index is 0.0694. The van der Waals surface area contributed by atoms with Gasteiger partial charge in [0.25, 0.3) is 0 Å². The normalized spacial score (nSPS) is 11.8. The Morgan fingerprint density at radius 2 is 1.21 bits per heavy atom. The van der Waals surface area contributed by atoms with Crippen molar-refractivity contribution in [2.45, 2.75) is 77.2 Å². The number of carbonyl (C=O) groups is 2. The van der Waals surface area contributed by atoms with Gasteiger partial charge in [-0.25, -0.2) is 0 Å². The van der Waals surface area contributed by atoms with Crippen LogP contribution in [-0.2, 0) is 9.59 Å². The topological polar surface area (TPSA) is 130 Å². The van der Waals surface area contributed by atoms with Gasteiger partial charge in [0.1, 0.15) is 0 Å². The van der Waals surface area contributed by atoms with E-state index in [0.29, 0.717) is 26.1 Å². The molecule has 0 heterocycles. The number of rotatable bonds is 19. The first-order valence-corrected chi connectivity index (χ1v) is 11.0. The lowest BCUT2D eigenvalue weighted by molar-refractivity contribution is -0.143. The van der Waals surface area contributed by atoms with Crippen molar-refractivity contribution >= 4 is 11.8 Å². The third-order valence-electron chi connectivity index (χ3n) is 4.63. The van der Waals surface area contributed by atoms with Gasteiger partial charge in [-0.3, -0.25) is 14.5 Å². The number of hydrogen-bond donors (Lipinski definition) is 5. The number of hydrogen-bond acceptors (Lipinski definition) is 7. The molecule has 0 saturated carbocycles. The molecule has 0 radical (unpaired) electrons. The molecule has 0 amide bonds. The summed E-state index contributed by atoms with van der Waals surface area (Å²) in [6.07, 6.45) is 11.1. The summed E-state index contributed by atoms with van der Waals surface area (Å²) < 4.78 is 0. The summed E-state index contributed by atoms with van der Waals surface area (Å²) in [5.41, 5.74) is 0. The average molecular weight is 421 g/mol. The minimum atomic E-state index is -1.08. The van der Waals surface area contributed by atoms with E-state index in [9.17, 15) is 9.59 Å². The van der Waals surface area contributed by atoms with E-state index in [-0.39, 0.29) is 25.6 Å². The number of aliphatic carboxylic acids is 1. The Bertz CT molecular complexity index is 368. The lowest BCUT2D eigenvalue weighted by Crippen LogP contribution is -2.41. The van der Waals surface area contributed by atoms with Crippen LogP contribution in [0.15, 0.2) is 0 Å². The van der Waals surface area contributed by atoms with E-state index >= 15 is 0 Å². The van der Waals surface area contributed by atoms with Crippen LogP contribution in [0.4, 0.5) is 0 Å². The molecule has 1 atom stereocenters. The molecule has 0 aromatic carbocycles. The molecule has 0 bridgehead atoms. The molecule has 5 N–H and O–H groups in total. The van der Waals surface area contributed by atoms with E-state index in [1.807, 2.05) is 0 Å². The summed E-state index contributed by atoms with van der Waals surface area (Å²) in [6, 6.07) is -1.03. The van der Waals surface area contributed by atoms with Gasteiger partial charge >= 0.3 is 5.97 Å². The third-order valence-corrected chi connectivity index (χ3v) is 4.63. The Hall–Kier alpha value is -1.06. The van der Waals surface area contributed by atoms with Crippen molar-refractivity contribution in [3.8, 4) is 0 Å². The zero-order chi connectivity index (χ0) is 22.3. The monoisotopic (exact) mass is 420 g/mol. The predicted octanol–water partition coefficient (Wildman–Crippen LogP) is 1.41. The molecule has 1 unspecified atom stereocenters. The maximum Gasteiger partial charge on any atom is 0.328 e. The quantitative estimate of drug-likeness (QED) is 0.157. The van der Waals surface area contributed by atoms with Crippen LogP contribution in [0.3, 0.4) is 0 Å². The van der Waals surface area contributed by atoms with Crippen molar-refractivity contribution in [3.63, 3.8) is 0 Å². The number of carbonyl (C=O) groups excluding carboxylic acids is 1. The van der Waals surface area contributed by atoms with Crippen LogP contribution in [0.1, 0.15) is 71.1 Å². The summed E-state index contributed by atoms with van der Waals surface area (Å²) in [6.45, 7) is 3.97. The van der Waals surface area contributed by atoms with Crippen LogP contribution < -0.4 is 5.32 Å². The molecule has 8 nitrogen and oxygen atoms in total. The number of nitrogens with zero attached hydrogens (tertiary/aromatic N) is 1. The number of carboxylic acids is 1. The molecule has 0 saturated heterocycles. The molecule has 0 spiro atoms. The lowest BCUT2D eigenvalue weighted by atomic mass is 10.0. The zero-order valence-corrected chi connectivity index (χ0v) is 18.4. The van der Waals surface area contributed by atoms with Crippen molar-refractivity contribution in [2.75, 3.05) is 46.5 Å². The van der Waals surface area contributed by atoms with Gasteiger partial charge in [-0.05, 0) is 13.5 Å². The van der Waals surface area contributed by atoms with Gasteiger partial charge in [0, 0.05) is 26.1 Å². The van der Waals surface area contributed by atoms with Gasteiger partial charge in [0.05, 0.1) is 19.8 Å². The van der Waals surface area contributed by atoms with Gasteiger partial charge in [0.2, 0.25) is 0 Å². The number of Topliss-reactive ketones (excluding diaryl/α,β-unsaturated/α-hetero) is 1.